The lowest BCUT2D eigenvalue weighted by atomic mass is 10.1. The Kier molecular flexibility index (Phi) is 5.36. The van der Waals surface area contributed by atoms with Crippen molar-refractivity contribution in [3.8, 4) is 11.5 Å². The standard InChI is InChI=1S/C17H18FNO3/c1-3-22-14-6-4-5-12(9-14)11-19-17(20)13-7-8-16(21-2)15(18)10-13/h4-10H,3,11H2,1-2H3,(H,19,20). The van der Waals surface area contributed by atoms with Gasteiger partial charge < -0.3 is 14.8 Å². The van der Waals surface area contributed by atoms with Gasteiger partial charge in [0.15, 0.2) is 11.6 Å². The Morgan fingerprint density at radius 2 is 2.05 bits per heavy atom. The van der Waals surface area contributed by atoms with Crippen molar-refractivity contribution in [2.24, 2.45) is 0 Å². The lowest BCUT2D eigenvalue weighted by Gasteiger charge is -2.09. The zero-order chi connectivity index (χ0) is 15.9. The van der Waals surface area contributed by atoms with Crippen molar-refractivity contribution in [2.45, 2.75) is 13.5 Å². The summed E-state index contributed by atoms with van der Waals surface area (Å²) in [6.45, 7) is 2.83. The summed E-state index contributed by atoms with van der Waals surface area (Å²) in [5, 5.41) is 2.75. The fourth-order valence-corrected chi connectivity index (χ4v) is 2.00. The molecule has 0 saturated carbocycles. The molecule has 0 saturated heterocycles. The van der Waals surface area contributed by atoms with Gasteiger partial charge in [-0.2, -0.15) is 0 Å². The molecule has 0 aliphatic carbocycles. The summed E-state index contributed by atoms with van der Waals surface area (Å²) in [6, 6.07) is 11.6. The van der Waals surface area contributed by atoms with Gasteiger partial charge in [-0.25, -0.2) is 4.39 Å². The summed E-state index contributed by atoms with van der Waals surface area (Å²) in [4.78, 5) is 12.0. The Bertz CT molecular complexity index is 658. The summed E-state index contributed by atoms with van der Waals surface area (Å²) >= 11 is 0. The van der Waals surface area contributed by atoms with Gasteiger partial charge in [0.1, 0.15) is 5.75 Å². The molecule has 4 nitrogen and oxygen atoms in total. The number of carbonyl (C=O) groups is 1. The normalized spacial score (nSPS) is 10.1. The number of ether oxygens (including phenoxy) is 2. The molecule has 2 rings (SSSR count). The smallest absolute Gasteiger partial charge is 0.251 e. The SMILES string of the molecule is CCOc1cccc(CNC(=O)c2ccc(OC)c(F)c2)c1. The number of nitrogens with one attached hydrogen (secondary N) is 1. The third kappa shape index (κ3) is 3.97. The summed E-state index contributed by atoms with van der Waals surface area (Å²) < 4.78 is 23.8. The minimum absolute atomic E-state index is 0.112. The van der Waals surface area contributed by atoms with Crippen LogP contribution in [0, 0.1) is 5.82 Å². The summed E-state index contributed by atoms with van der Waals surface area (Å²) in [7, 11) is 1.38. The van der Waals surface area contributed by atoms with Crippen LogP contribution in [0.4, 0.5) is 4.39 Å². The monoisotopic (exact) mass is 303 g/mol. The third-order valence-electron chi connectivity index (χ3n) is 3.08. The van der Waals surface area contributed by atoms with E-state index in [0.29, 0.717) is 13.2 Å². The number of hydrogen-bond donors (Lipinski definition) is 1. The van der Waals surface area contributed by atoms with Crippen molar-refractivity contribution in [1.29, 1.82) is 0 Å². The first-order valence-electron chi connectivity index (χ1n) is 6.97. The van der Waals surface area contributed by atoms with E-state index in [1.807, 2.05) is 31.2 Å². The second kappa shape index (κ2) is 7.45. The largest absolute Gasteiger partial charge is 0.494 e. The molecule has 0 spiro atoms. The summed E-state index contributed by atoms with van der Waals surface area (Å²) in [5.41, 5.74) is 1.16. The molecule has 5 heteroatoms. The van der Waals surface area contributed by atoms with Gasteiger partial charge in [-0.15, -0.1) is 0 Å². The highest BCUT2D eigenvalue weighted by molar-refractivity contribution is 5.94. The maximum absolute atomic E-state index is 13.6. The van der Waals surface area contributed by atoms with E-state index in [0.717, 1.165) is 17.4 Å². The molecular formula is C17H18FNO3. The number of halogens is 1. The lowest BCUT2D eigenvalue weighted by molar-refractivity contribution is 0.0950. The third-order valence-corrected chi connectivity index (χ3v) is 3.08. The van der Waals surface area contributed by atoms with Crippen LogP contribution in [-0.2, 0) is 6.54 Å². The average molecular weight is 303 g/mol. The molecule has 22 heavy (non-hydrogen) atoms. The van der Waals surface area contributed by atoms with Crippen molar-refractivity contribution in [3.63, 3.8) is 0 Å². The minimum atomic E-state index is -0.562. The molecule has 1 N–H and O–H groups in total. The van der Waals surface area contributed by atoms with Crippen molar-refractivity contribution >= 4 is 5.91 Å². The van der Waals surface area contributed by atoms with E-state index in [4.69, 9.17) is 9.47 Å². The van der Waals surface area contributed by atoms with Crippen molar-refractivity contribution < 1.29 is 18.7 Å². The highest BCUT2D eigenvalue weighted by Gasteiger charge is 2.10. The van der Waals surface area contributed by atoms with Crippen LogP contribution in [0.1, 0.15) is 22.8 Å². The Morgan fingerprint density at radius 1 is 1.23 bits per heavy atom. The predicted molar refractivity (Wildman–Crippen MR) is 81.7 cm³/mol. The van der Waals surface area contributed by atoms with Gasteiger partial charge in [-0.3, -0.25) is 4.79 Å². The number of benzene rings is 2. The van der Waals surface area contributed by atoms with E-state index >= 15 is 0 Å². The maximum atomic E-state index is 13.6. The number of methoxy groups -OCH3 is 1. The Morgan fingerprint density at radius 3 is 2.73 bits per heavy atom. The predicted octanol–water partition coefficient (Wildman–Crippen LogP) is 3.16. The van der Waals surface area contributed by atoms with Crippen LogP contribution < -0.4 is 14.8 Å². The van der Waals surface area contributed by atoms with E-state index in [9.17, 15) is 9.18 Å². The second-order valence-corrected chi connectivity index (χ2v) is 4.61. The molecule has 0 atom stereocenters. The van der Waals surface area contributed by atoms with E-state index in [-0.39, 0.29) is 17.2 Å². The van der Waals surface area contributed by atoms with Gasteiger partial charge in [0.05, 0.1) is 13.7 Å². The zero-order valence-corrected chi connectivity index (χ0v) is 12.6. The summed E-state index contributed by atoms with van der Waals surface area (Å²) in [5.74, 6) is -0.0393. The molecule has 0 fully saturated rings. The average Bonchev–Trinajstić information content (AvgIpc) is 2.53. The lowest BCUT2D eigenvalue weighted by Crippen LogP contribution is -2.22. The van der Waals surface area contributed by atoms with E-state index in [1.54, 1.807) is 0 Å². The van der Waals surface area contributed by atoms with Gasteiger partial charge in [0.25, 0.3) is 5.91 Å². The van der Waals surface area contributed by atoms with Crippen molar-refractivity contribution in [3.05, 3.63) is 59.4 Å². The molecule has 0 unspecified atom stereocenters. The van der Waals surface area contributed by atoms with Gasteiger partial charge in [0, 0.05) is 12.1 Å². The topological polar surface area (TPSA) is 47.6 Å². The number of hydrogen-bond acceptors (Lipinski definition) is 3. The molecule has 1 amide bonds. The van der Waals surface area contributed by atoms with Gasteiger partial charge in [0.2, 0.25) is 0 Å². The van der Waals surface area contributed by atoms with Gasteiger partial charge in [-0.1, -0.05) is 12.1 Å². The molecule has 0 aliphatic rings. The minimum Gasteiger partial charge on any atom is -0.494 e. The van der Waals surface area contributed by atoms with Crippen LogP contribution in [0.5, 0.6) is 11.5 Å². The zero-order valence-electron chi connectivity index (χ0n) is 12.6. The highest BCUT2D eigenvalue weighted by Crippen LogP contribution is 2.18. The highest BCUT2D eigenvalue weighted by atomic mass is 19.1. The first-order valence-corrected chi connectivity index (χ1v) is 6.97. The van der Waals surface area contributed by atoms with Crippen LogP contribution in [0.3, 0.4) is 0 Å². The Hall–Kier alpha value is -2.56. The Balaban J connectivity index is 2.00. The molecule has 0 heterocycles. The molecule has 0 radical (unpaired) electrons. The van der Waals surface area contributed by atoms with Crippen molar-refractivity contribution in [2.75, 3.05) is 13.7 Å². The first-order chi connectivity index (χ1) is 10.6. The number of amides is 1. The van der Waals surface area contributed by atoms with E-state index in [2.05, 4.69) is 5.32 Å². The van der Waals surface area contributed by atoms with Crippen LogP contribution in [0.25, 0.3) is 0 Å². The molecule has 116 valence electrons. The van der Waals surface area contributed by atoms with Crippen LogP contribution in [0.2, 0.25) is 0 Å². The summed E-state index contributed by atoms with van der Waals surface area (Å²) in [6.07, 6.45) is 0. The van der Waals surface area contributed by atoms with Gasteiger partial charge in [-0.05, 0) is 42.8 Å². The first kappa shape index (κ1) is 15.8. The number of carbonyl (C=O) groups excluding carboxylic acids is 1. The maximum Gasteiger partial charge on any atom is 0.251 e. The van der Waals surface area contributed by atoms with E-state index < -0.39 is 5.82 Å². The number of rotatable bonds is 6. The van der Waals surface area contributed by atoms with Crippen molar-refractivity contribution in [1.82, 2.24) is 5.32 Å². The molecule has 0 aromatic heterocycles. The fraction of sp³-hybridized carbons (Fsp3) is 0.235. The molecule has 0 bridgehead atoms. The quantitative estimate of drug-likeness (QED) is 0.891. The molecule has 2 aromatic carbocycles. The molecular weight excluding hydrogens is 285 g/mol. The fourth-order valence-electron chi connectivity index (χ4n) is 2.00. The Labute approximate surface area is 128 Å². The van der Waals surface area contributed by atoms with Crippen LogP contribution in [0.15, 0.2) is 42.5 Å². The van der Waals surface area contributed by atoms with Crippen LogP contribution in [-0.4, -0.2) is 19.6 Å². The molecule has 0 aliphatic heterocycles. The van der Waals surface area contributed by atoms with Crippen LogP contribution >= 0.6 is 0 Å². The second-order valence-electron chi connectivity index (χ2n) is 4.61. The van der Waals surface area contributed by atoms with E-state index in [1.165, 1.54) is 19.2 Å². The molecule has 2 aromatic rings. The van der Waals surface area contributed by atoms with Gasteiger partial charge >= 0.3 is 0 Å².